The number of pyridine rings is 1. The van der Waals surface area contributed by atoms with Gasteiger partial charge in [-0.25, -0.2) is 9.78 Å². The van der Waals surface area contributed by atoms with Crippen molar-refractivity contribution in [3.05, 3.63) is 52.5 Å². The van der Waals surface area contributed by atoms with Crippen LogP contribution in [-0.4, -0.2) is 29.3 Å². The fraction of sp³-hybridized carbons (Fsp3) is 0.238. The Labute approximate surface area is 172 Å². The second kappa shape index (κ2) is 7.86. The summed E-state index contributed by atoms with van der Waals surface area (Å²) in [5.41, 5.74) is 2.09. The number of nitrogens with zero attached hydrogens (tertiary/aromatic N) is 2. The lowest BCUT2D eigenvalue weighted by Crippen LogP contribution is -2.31. The second-order valence-corrected chi connectivity index (χ2v) is 7.60. The molecule has 7 heteroatoms. The van der Waals surface area contributed by atoms with E-state index in [2.05, 4.69) is 4.90 Å². The van der Waals surface area contributed by atoms with Crippen molar-refractivity contribution in [2.75, 3.05) is 18.0 Å². The van der Waals surface area contributed by atoms with Gasteiger partial charge >= 0.3 is 6.16 Å². The molecule has 1 aliphatic heterocycles. The molecule has 0 amide bonds. The van der Waals surface area contributed by atoms with Crippen molar-refractivity contribution in [1.82, 2.24) is 4.98 Å². The molecular formula is C21H18Cl2N2O3. The van der Waals surface area contributed by atoms with E-state index in [9.17, 15) is 9.90 Å². The summed E-state index contributed by atoms with van der Waals surface area (Å²) in [6.45, 7) is 1.61. The summed E-state index contributed by atoms with van der Waals surface area (Å²) < 4.78 is 5.30. The van der Waals surface area contributed by atoms with E-state index < -0.39 is 6.16 Å². The number of hydrogen-bond donors (Lipinski definition) is 1. The summed E-state index contributed by atoms with van der Waals surface area (Å²) in [4.78, 5) is 18.4. The third kappa shape index (κ3) is 3.73. The highest BCUT2D eigenvalue weighted by Gasteiger charge is 2.25. The number of carboxylic acid groups (broad SMARTS) is 1. The first-order valence-electron chi connectivity index (χ1n) is 9.08. The minimum Gasteiger partial charge on any atom is -0.449 e. The van der Waals surface area contributed by atoms with Crippen molar-refractivity contribution in [2.24, 2.45) is 0 Å². The fourth-order valence-corrected chi connectivity index (χ4v) is 4.00. The zero-order chi connectivity index (χ0) is 19.7. The second-order valence-electron chi connectivity index (χ2n) is 6.73. The molecule has 1 aliphatic rings. The number of piperidine rings is 1. The zero-order valence-electron chi connectivity index (χ0n) is 15.0. The molecule has 2 aromatic carbocycles. The molecule has 0 atom stereocenters. The first-order valence-corrected chi connectivity index (χ1v) is 9.83. The number of fused-ring (bicyclic) bond motifs is 1. The minimum atomic E-state index is -1.38. The van der Waals surface area contributed by atoms with Gasteiger partial charge in [-0.2, -0.15) is 0 Å². The van der Waals surface area contributed by atoms with E-state index in [1.165, 1.54) is 0 Å². The van der Waals surface area contributed by atoms with Crippen LogP contribution >= 0.6 is 23.2 Å². The minimum absolute atomic E-state index is 0.214. The van der Waals surface area contributed by atoms with E-state index in [4.69, 9.17) is 32.9 Å². The molecule has 0 unspecified atom stereocenters. The van der Waals surface area contributed by atoms with Crippen LogP contribution in [0.15, 0.2) is 42.5 Å². The van der Waals surface area contributed by atoms with Gasteiger partial charge in [0.2, 0.25) is 0 Å². The molecule has 1 saturated heterocycles. The van der Waals surface area contributed by atoms with Crippen molar-refractivity contribution in [3.8, 4) is 16.9 Å². The predicted octanol–water partition coefficient (Wildman–Crippen LogP) is 6.26. The Morgan fingerprint density at radius 3 is 2.50 bits per heavy atom. The van der Waals surface area contributed by atoms with E-state index in [0.29, 0.717) is 26.8 Å². The van der Waals surface area contributed by atoms with Crippen molar-refractivity contribution < 1.29 is 14.6 Å². The lowest BCUT2D eigenvalue weighted by Gasteiger charge is -2.30. The summed E-state index contributed by atoms with van der Waals surface area (Å²) in [5, 5.41) is 11.2. The Morgan fingerprint density at radius 2 is 1.79 bits per heavy atom. The van der Waals surface area contributed by atoms with Gasteiger partial charge in [-0.1, -0.05) is 35.3 Å². The van der Waals surface area contributed by atoms with Gasteiger partial charge in [0.15, 0.2) is 11.6 Å². The summed E-state index contributed by atoms with van der Waals surface area (Å²) in [6.07, 6.45) is 1.82. The lowest BCUT2D eigenvalue weighted by atomic mass is 9.99. The third-order valence-corrected chi connectivity index (χ3v) is 5.31. The third-order valence-electron chi connectivity index (χ3n) is 4.84. The maximum atomic E-state index is 11.5. The maximum Gasteiger partial charge on any atom is 0.511 e. The fourth-order valence-electron chi connectivity index (χ4n) is 3.64. The van der Waals surface area contributed by atoms with E-state index in [1.807, 2.05) is 18.2 Å². The summed E-state index contributed by atoms with van der Waals surface area (Å²) >= 11 is 12.4. The zero-order valence-corrected chi connectivity index (χ0v) is 16.5. The molecule has 0 aliphatic carbocycles. The molecule has 4 rings (SSSR count). The molecule has 1 aromatic heterocycles. The summed E-state index contributed by atoms with van der Waals surface area (Å²) in [5.74, 6) is 0.748. The molecule has 5 nitrogen and oxygen atoms in total. The Balaban J connectivity index is 2.06. The van der Waals surface area contributed by atoms with E-state index >= 15 is 0 Å². The van der Waals surface area contributed by atoms with Crippen molar-refractivity contribution in [2.45, 2.75) is 19.3 Å². The SMILES string of the molecule is O=C(O)Oc1c(N2CCCCC2)nc2ccc(Cl)cc2c1-c1cccc(Cl)c1. The van der Waals surface area contributed by atoms with Gasteiger partial charge in [-0.05, 0) is 55.2 Å². The Kier molecular flexibility index (Phi) is 5.29. The number of hydrogen-bond acceptors (Lipinski definition) is 4. The van der Waals surface area contributed by atoms with Crippen molar-refractivity contribution in [1.29, 1.82) is 0 Å². The van der Waals surface area contributed by atoms with Gasteiger partial charge in [0.1, 0.15) is 0 Å². The highest BCUT2D eigenvalue weighted by molar-refractivity contribution is 6.32. The molecule has 0 bridgehead atoms. The number of benzene rings is 2. The number of halogens is 2. The molecule has 2 heterocycles. The van der Waals surface area contributed by atoms with Gasteiger partial charge in [-0.3, -0.25) is 0 Å². The molecule has 1 N–H and O–H groups in total. The number of aromatic nitrogens is 1. The summed E-state index contributed by atoms with van der Waals surface area (Å²) in [7, 11) is 0. The largest absolute Gasteiger partial charge is 0.511 e. The molecule has 28 heavy (non-hydrogen) atoms. The van der Waals surface area contributed by atoms with Crippen LogP contribution in [0.2, 0.25) is 10.0 Å². The normalized spacial score (nSPS) is 14.3. The Bertz CT molecular complexity index is 1050. The predicted molar refractivity (Wildman–Crippen MR) is 112 cm³/mol. The van der Waals surface area contributed by atoms with Crippen LogP contribution in [0.25, 0.3) is 22.0 Å². The van der Waals surface area contributed by atoms with E-state index in [0.717, 1.165) is 43.4 Å². The van der Waals surface area contributed by atoms with Crippen LogP contribution in [0.4, 0.5) is 10.6 Å². The Hall–Kier alpha value is -2.50. The molecule has 0 saturated carbocycles. The molecule has 0 radical (unpaired) electrons. The highest BCUT2D eigenvalue weighted by atomic mass is 35.5. The lowest BCUT2D eigenvalue weighted by molar-refractivity contribution is 0.144. The first kappa shape index (κ1) is 18.8. The number of ether oxygens (including phenoxy) is 1. The van der Waals surface area contributed by atoms with Gasteiger partial charge < -0.3 is 14.7 Å². The van der Waals surface area contributed by atoms with Gasteiger partial charge in [-0.15, -0.1) is 0 Å². The van der Waals surface area contributed by atoms with Gasteiger partial charge in [0, 0.05) is 34.1 Å². The van der Waals surface area contributed by atoms with Crippen molar-refractivity contribution >= 4 is 46.1 Å². The average molecular weight is 417 g/mol. The van der Waals surface area contributed by atoms with Gasteiger partial charge in [0.25, 0.3) is 0 Å². The molecule has 3 aromatic rings. The smallest absolute Gasteiger partial charge is 0.449 e. The van der Waals surface area contributed by atoms with Crippen LogP contribution in [0.5, 0.6) is 5.75 Å². The Morgan fingerprint density at radius 1 is 1.04 bits per heavy atom. The molecule has 1 fully saturated rings. The topological polar surface area (TPSA) is 62.7 Å². The van der Waals surface area contributed by atoms with E-state index in [-0.39, 0.29) is 5.75 Å². The summed E-state index contributed by atoms with van der Waals surface area (Å²) in [6, 6.07) is 12.6. The van der Waals surface area contributed by atoms with Crippen LogP contribution < -0.4 is 9.64 Å². The monoisotopic (exact) mass is 416 g/mol. The van der Waals surface area contributed by atoms with Crippen molar-refractivity contribution in [3.63, 3.8) is 0 Å². The number of carbonyl (C=O) groups is 1. The van der Waals surface area contributed by atoms with Crippen LogP contribution in [0, 0.1) is 0 Å². The number of anilines is 1. The highest BCUT2D eigenvalue weighted by Crippen LogP contribution is 2.44. The van der Waals surface area contributed by atoms with Crippen LogP contribution in [-0.2, 0) is 0 Å². The first-order chi connectivity index (χ1) is 13.5. The maximum absolute atomic E-state index is 11.5. The van der Waals surface area contributed by atoms with Crippen LogP contribution in [0.1, 0.15) is 19.3 Å². The molecule has 144 valence electrons. The van der Waals surface area contributed by atoms with E-state index in [1.54, 1.807) is 24.3 Å². The molecular weight excluding hydrogens is 399 g/mol. The van der Waals surface area contributed by atoms with Crippen LogP contribution in [0.3, 0.4) is 0 Å². The van der Waals surface area contributed by atoms with Gasteiger partial charge in [0.05, 0.1) is 5.52 Å². The quantitative estimate of drug-likeness (QED) is 0.510. The molecule has 0 spiro atoms. The average Bonchev–Trinajstić information content (AvgIpc) is 2.67. The number of rotatable bonds is 3. The standard InChI is InChI=1S/C21H18Cl2N2O3/c22-14-6-4-5-13(11-14)18-16-12-15(23)7-8-17(16)24-20(19(18)28-21(26)27)25-9-2-1-3-10-25/h4-8,11-12H,1-3,9-10H2,(H,26,27).